The number of hydrogen-bond acceptors (Lipinski definition) is 8. The predicted octanol–water partition coefficient (Wildman–Crippen LogP) is 2.90. The molecule has 4 aromatic heterocycles. The van der Waals surface area contributed by atoms with E-state index in [-0.39, 0.29) is 11.7 Å². The minimum atomic E-state index is 0.208. The van der Waals surface area contributed by atoms with E-state index >= 15 is 0 Å². The summed E-state index contributed by atoms with van der Waals surface area (Å²) in [5.74, 6) is 1.26. The van der Waals surface area contributed by atoms with Crippen molar-refractivity contribution in [1.29, 1.82) is 0 Å². The lowest BCUT2D eigenvalue weighted by atomic mass is 10.0. The first-order chi connectivity index (χ1) is 16.1. The third-order valence-corrected chi connectivity index (χ3v) is 5.08. The van der Waals surface area contributed by atoms with Crippen LogP contribution in [0.15, 0.2) is 61.1 Å². The second-order valence-corrected chi connectivity index (χ2v) is 7.55. The summed E-state index contributed by atoms with van der Waals surface area (Å²) in [5.41, 5.74) is 9.91. The maximum atomic E-state index is 6.22. The molecule has 10 heteroatoms. The van der Waals surface area contributed by atoms with Crippen molar-refractivity contribution in [1.82, 2.24) is 34.5 Å². The fourth-order valence-electron chi connectivity index (χ4n) is 3.52. The van der Waals surface area contributed by atoms with Crippen LogP contribution in [-0.4, -0.2) is 47.7 Å². The highest BCUT2D eigenvalue weighted by Crippen LogP contribution is 2.33. The summed E-state index contributed by atoms with van der Waals surface area (Å²) in [6, 6.07) is 13.6. The summed E-state index contributed by atoms with van der Waals surface area (Å²) < 4.78 is 9.33. The third-order valence-electron chi connectivity index (χ3n) is 5.08. The highest BCUT2D eigenvalue weighted by atomic mass is 16.5. The SMILES string of the molecule is Cn1ccc(NCCOc2nc(-c3ccc4ncccc4c3)c(-c3ccn(C)n3)nc2N)n1. The van der Waals surface area contributed by atoms with E-state index in [1.807, 2.05) is 69.0 Å². The molecule has 33 heavy (non-hydrogen) atoms. The lowest BCUT2D eigenvalue weighted by Crippen LogP contribution is -2.14. The molecule has 1 aromatic carbocycles. The monoisotopic (exact) mass is 441 g/mol. The van der Waals surface area contributed by atoms with Gasteiger partial charge in [0.25, 0.3) is 5.88 Å². The Bertz CT molecular complexity index is 1420. The van der Waals surface area contributed by atoms with Crippen LogP contribution < -0.4 is 15.8 Å². The van der Waals surface area contributed by atoms with Crippen molar-refractivity contribution in [2.75, 3.05) is 24.2 Å². The summed E-state index contributed by atoms with van der Waals surface area (Å²) in [5, 5.41) is 13.0. The van der Waals surface area contributed by atoms with E-state index in [9.17, 15) is 0 Å². The number of rotatable bonds is 7. The van der Waals surface area contributed by atoms with E-state index in [0.29, 0.717) is 30.2 Å². The van der Waals surface area contributed by atoms with Crippen LogP contribution in [0.5, 0.6) is 5.88 Å². The van der Waals surface area contributed by atoms with Gasteiger partial charge < -0.3 is 15.8 Å². The number of nitrogens with zero attached hydrogens (tertiary/aromatic N) is 7. The van der Waals surface area contributed by atoms with Gasteiger partial charge in [-0.3, -0.25) is 14.3 Å². The first-order valence-electron chi connectivity index (χ1n) is 10.5. The van der Waals surface area contributed by atoms with Gasteiger partial charge in [0.2, 0.25) is 0 Å². The van der Waals surface area contributed by atoms with Gasteiger partial charge in [-0.1, -0.05) is 12.1 Å². The Morgan fingerprint density at radius 3 is 2.61 bits per heavy atom. The molecule has 0 amide bonds. The van der Waals surface area contributed by atoms with E-state index in [2.05, 4.69) is 25.5 Å². The number of benzene rings is 1. The van der Waals surface area contributed by atoms with E-state index in [1.54, 1.807) is 15.6 Å². The van der Waals surface area contributed by atoms with Crippen LogP contribution in [0.2, 0.25) is 0 Å². The zero-order chi connectivity index (χ0) is 22.8. The maximum Gasteiger partial charge on any atom is 0.257 e. The number of nitrogens with one attached hydrogen (secondary N) is 1. The molecule has 166 valence electrons. The van der Waals surface area contributed by atoms with Gasteiger partial charge in [-0.05, 0) is 24.3 Å². The maximum absolute atomic E-state index is 6.22. The molecule has 0 aliphatic carbocycles. The van der Waals surface area contributed by atoms with Gasteiger partial charge in [-0.15, -0.1) is 0 Å². The van der Waals surface area contributed by atoms with Crippen molar-refractivity contribution in [3.63, 3.8) is 0 Å². The molecule has 3 N–H and O–H groups in total. The highest BCUT2D eigenvalue weighted by molar-refractivity contribution is 5.87. The van der Waals surface area contributed by atoms with Gasteiger partial charge in [0.15, 0.2) is 5.82 Å². The zero-order valence-electron chi connectivity index (χ0n) is 18.3. The van der Waals surface area contributed by atoms with Crippen molar-refractivity contribution >= 4 is 22.5 Å². The Morgan fingerprint density at radius 2 is 1.82 bits per heavy atom. The third kappa shape index (κ3) is 4.31. The quantitative estimate of drug-likeness (QED) is 0.370. The minimum Gasteiger partial charge on any atom is -0.473 e. The molecular weight excluding hydrogens is 418 g/mol. The highest BCUT2D eigenvalue weighted by Gasteiger charge is 2.18. The molecule has 0 spiro atoms. The molecule has 0 aliphatic rings. The van der Waals surface area contributed by atoms with Gasteiger partial charge in [0, 0.05) is 49.7 Å². The number of nitrogens with two attached hydrogens (primary N) is 1. The van der Waals surface area contributed by atoms with E-state index in [0.717, 1.165) is 22.3 Å². The van der Waals surface area contributed by atoms with Crippen LogP contribution in [0, 0.1) is 0 Å². The van der Waals surface area contributed by atoms with Crippen molar-refractivity contribution in [2.45, 2.75) is 0 Å². The number of hydrogen-bond donors (Lipinski definition) is 2. The molecule has 0 aliphatic heterocycles. The lowest BCUT2D eigenvalue weighted by Gasteiger charge is -2.13. The Morgan fingerprint density at radius 1 is 0.970 bits per heavy atom. The second-order valence-electron chi connectivity index (χ2n) is 7.55. The van der Waals surface area contributed by atoms with Crippen molar-refractivity contribution in [3.8, 4) is 28.5 Å². The molecule has 0 unspecified atom stereocenters. The van der Waals surface area contributed by atoms with Gasteiger partial charge in [0.1, 0.15) is 29.5 Å². The summed E-state index contributed by atoms with van der Waals surface area (Å²) in [6.07, 6.45) is 5.50. The zero-order valence-corrected chi connectivity index (χ0v) is 18.3. The van der Waals surface area contributed by atoms with Crippen LogP contribution >= 0.6 is 0 Å². The number of anilines is 2. The normalized spacial score (nSPS) is 11.1. The van der Waals surface area contributed by atoms with Crippen molar-refractivity contribution in [2.24, 2.45) is 14.1 Å². The first-order valence-corrected chi connectivity index (χ1v) is 10.5. The summed E-state index contributed by atoms with van der Waals surface area (Å²) in [7, 11) is 3.72. The topological polar surface area (TPSA) is 122 Å². The molecule has 10 nitrogen and oxygen atoms in total. The van der Waals surface area contributed by atoms with Crippen molar-refractivity contribution in [3.05, 3.63) is 61.1 Å². The Labute approximate surface area is 190 Å². The molecule has 0 bridgehead atoms. The molecule has 0 saturated carbocycles. The standard InChI is InChI=1S/C23H23N9O/c1-31-11-7-18(29-31)21-20(16-5-6-17-15(14-16)4-3-9-25-17)28-23(22(24)27-21)33-13-10-26-19-8-12-32(2)30-19/h3-9,11-12,14H,10,13H2,1-2H3,(H2,24,27)(H,26,30). The number of ether oxygens (including phenoxy) is 1. The molecule has 4 heterocycles. The molecule has 0 fully saturated rings. The predicted molar refractivity (Wildman–Crippen MR) is 127 cm³/mol. The molecule has 5 rings (SSSR count). The molecule has 0 atom stereocenters. The van der Waals surface area contributed by atoms with E-state index in [1.165, 1.54) is 0 Å². The largest absolute Gasteiger partial charge is 0.473 e. The number of nitrogen functional groups attached to an aromatic ring is 1. The van der Waals surface area contributed by atoms with Gasteiger partial charge in [0.05, 0.1) is 12.1 Å². The second kappa shape index (κ2) is 8.58. The Hall–Kier alpha value is -4.47. The molecule has 0 saturated heterocycles. The van der Waals surface area contributed by atoms with Crippen LogP contribution in [0.25, 0.3) is 33.5 Å². The molecule has 5 aromatic rings. The number of fused-ring (bicyclic) bond motifs is 1. The average molecular weight is 441 g/mol. The number of aryl methyl sites for hydroxylation is 2. The van der Waals surface area contributed by atoms with Crippen LogP contribution in [-0.2, 0) is 14.1 Å². The van der Waals surface area contributed by atoms with Crippen LogP contribution in [0.1, 0.15) is 0 Å². The molecular formula is C23H23N9O. The lowest BCUT2D eigenvalue weighted by molar-refractivity contribution is 0.321. The fourth-order valence-corrected chi connectivity index (χ4v) is 3.52. The number of aromatic nitrogens is 7. The Kier molecular flexibility index (Phi) is 5.31. The van der Waals surface area contributed by atoms with Gasteiger partial charge >= 0.3 is 0 Å². The Balaban J connectivity index is 1.47. The van der Waals surface area contributed by atoms with Crippen LogP contribution in [0.4, 0.5) is 11.6 Å². The fraction of sp³-hybridized carbons (Fsp3) is 0.174. The van der Waals surface area contributed by atoms with Gasteiger partial charge in [-0.2, -0.15) is 10.2 Å². The summed E-state index contributed by atoms with van der Waals surface area (Å²) in [4.78, 5) is 13.8. The molecule has 0 radical (unpaired) electrons. The smallest absolute Gasteiger partial charge is 0.257 e. The average Bonchev–Trinajstić information content (AvgIpc) is 3.45. The number of pyridine rings is 1. The summed E-state index contributed by atoms with van der Waals surface area (Å²) >= 11 is 0. The van der Waals surface area contributed by atoms with Crippen molar-refractivity contribution < 1.29 is 4.74 Å². The minimum absolute atomic E-state index is 0.208. The van der Waals surface area contributed by atoms with E-state index in [4.69, 9.17) is 15.5 Å². The van der Waals surface area contributed by atoms with E-state index < -0.39 is 0 Å². The summed E-state index contributed by atoms with van der Waals surface area (Å²) in [6.45, 7) is 0.885. The van der Waals surface area contributed by atoms with Gasteiger partial charge in [-0.25, -0.2) is 9.97 Å². The van der Waals surface area contributed by atoms with Crippen LogP contribution in [0.3, 0.4) is 0 Å². The first kappa shape index (κ1) is 20.4.